The van der Waals surface area contributed by atoms with Crippen molar-refractivity contribution in [3.63, 3.8) is 0 Å². The molecule has 4 N–H and O–H groups in total. The van der Waals surface area contributed by atoms with Gasteiger partial charge in [-0.2, -0.15) is 9.29 Å². The Hall–Kier alpha value is -1.96. The van der Waals surface area contributed by atoms with Crippen LogP contribution in [0.5, 0.6) is 0 Å². The summed E-state index contributed by atoms with van der Waals surface area (Å²) in [6.45, 7) is -0.513. The monoisotopic (exact) mass is 485 g/mol. The number of amides is 1. The quantitative estimate of drug-likeness (QED) is 0.255. The normalized spacial score (nSPS) is 20.8. The van der Waals surface area contributed by atoms with E-state index < -0.39 is 52.2 Å². The fourth-order valence-corrected chi connectivity index (χ4v) is 4.19. The Kier molecular flexibility index (Phi) is 8.63. The van der Waals surface area contributed by atoms with Crippen molar-refractivity contribution in [1.82, 2.24) is 9.55 Å². The number of anilines is 1. The number of carbonyl (C=O) groups excluding carboxylic acids is 2. The van der Waals surface area contributed by atoms with Crippen molar-refractivity contribution in [3.8, 4) is 0 Å². The van der Waals surface area contributed by atoms with Crippen LogP contribution < -0.4 is 11.0 Å². The number of ether oxygens (including phenoxy) is 2. The summed E-state index contributed by atoms with van der Waals surface area (Å²) >= 11 is 0. The van der Waals surface area contributed by atoms with E-state index in [1.807, 2.05) is 0 Å². The molecule has 0 aliphatic carbocycles. The SMILES string of the molecule is COC(=O)CCC(=O)Nc1ccn([C@H]2CC[C@@H](COP(=O)(O)OP(=O)(O)O)O2)c(=O)n1. The second kappa shape index (κ2) is 10.6. The molecule has 0 radical (unpaired) electrons. The molecule has 17 heteroatoms. The van der Waals surface area contributed by atoms with Gasteiger partial charge in [0, 0.05) is 12.6 Å². The highest BCUT2D eigenvalue weighted by atomic mass is 31.3. The standard InChI is InChI=1S/C14H21N3O12P2/c1-26-13(19)5-3-11(18)15-10-6-7-17(14(20)16-10)12-4-2-9(28-12)8-27-31(24,25)29-30(21,22)23/h6-7,9,12H,2-5,8H2,1H3,(H,24,25)(H2,21,22,23)(H,15,16,18,20)/t9-,12+/m0/s1. The fourth-order valence-electron chi connectivity index (χ4n) is 2.57. The summed E-state index contributed by atoms with van der Waals surface area (Å²) in [6, 6.07) is 1.35. The minimum absolute atomic E-state index is 0.0233. The number of phosphoric ester groups is 1. The number of nitrogens with zero attached hydrogens (tertiary/aromatic N) is 2. The number of hydrogen-bond donors (Lipinski definition) is 4. The van der Waals surface area contributed by atoms with Gasteiger partial charge in [-0.05, 0) is 18.9 Å². The molecule has 3 atom stereocenters. The Morgan fingerprint density at radius 1 is 1.29 bits per heavy atom. The molecule has 1 fully saturated rings. The van der Waals surface area contributed by atoms with Crippen LogP contribution in [0.4, 0.5) is 5.82 Å². The number of esters is 1. The predicted molar refractivity (Wildman–Crippen MR) is 100 cm³/mol. The van der Waals surface area contributed by atoms with Crippen molar-refractivity contribution in [2.75, 3.05) is 19.0 Å². The van der Waals surface area contributed by atoms with Crippen LogP contribution in [-0.4, -0.2) is 55.9 Å². The van der Waals surface area contributed by atoms with Gasteiger partial charge in [0.1, 0.15) is 12.0 Å². The maximum absolute atomic E-state index is 12.2. The van der Waals surface area contributed by atoms with E-state index in [9.17, 15) is 28.4 Å². The first-order chi connectivity index (χ1) is 14.4. The Morgan fingerprint density at radius 3 is 2.61 bits per heavy atom. The van der Waals surface area contributed by atoms with E-state index in [2.05, 4.69) is 23.9 Å². The molecule has 0 aromatic carbocycles. The molecule has 31 heavy (non-hydrogen) atoms. The molecular formula is C14H21N3O12P2. The van der Waals surface area contributed by atoms with Gasteiger partial charge in [-0.1, -0.05) is 0 Å². The van der Waals surface area contributed by atoms with Crippen LogP contribution in [-0.2, 0) is 37.0 Å². The number of carbonyl (C=O) groups is 2. The largest absolute Gasteiger partial charge is 0.481 e. The zero-order valence-electron chi connectivity index (χ0n) is 16.1. The van der Waals surface area contributed by atoms with Crippen molar-refractivity contribution >= 4 is 33.3 Å². The van der Waals surface area contributed by atoms with E-state index in [4.69, 9.17) is 14.5 Å². The van der Waals surface area contributed by atoms with Crippen LogP contribution in [0.3, 0.4) is 0 Å². The summed E-state index contributed by atoms with van der Waals surface area (Å²) in [5, 5.41) is 2.38. The molecule has 1 aliphatic heterocycles. The van der Waals surface area contributed by atoms with Crippen LogP contribution in [0.1, 0.15) is 31.9 Å². The van der Waals surface area contributed by atoms with E-state index in [0.717, 1.165) is 4.57 Å². The summed E-state index contributed by atoms with van der Waals surface area (Å²) in [6.07, 6.45) is 0.139. The lowest BCUT2D eigenvalue weighted by molar-refractivity contribution is -0.141. The van der Waals surface area contributed by atoms with E-state index in [1.54, 1.807) is 0 Å². The summed E-state index contributed by atoms with van der Waals surface area (Å²) in [5.74, 6) is -1.11. The van der Waals surface area contributed by atoms with Gasteiger partial charge in [0.25, 0.3) is 0 Å². The third-order valence-corrected chi connectivity index (χ3v) is 6.06. The summed E-state index contributed by atoms with van der Waals surface area (Å²) in [7, 11) is -9.03. The number of phosphoric acid groups is 2. The molecule has 0 spiro atoms. The van der Waals surface area contributed by atoms with Crippen molar-refractivity contribution in [2.45, 2.75) is 38.0 Å². The van der Waals surface area contributed by atoms with Gasteiger partial charge in [0.05, 0.1) is 26.2 Å². The number of nitrogens with one attached hydrogen (secondary N) is 1. The fraction of sp³-hybridized carbons (Fsp3) is 0.571. The van der Waals surface area contributed by atoms with E-state index in [1.165, 1.54) is 19.4 Å². The van der Waals surface area contributed by atoms with E-state index >= 15 is 0 Å². The lowest BCUT2D eigenvalue weighted by Crippen LogP contribution is -2.28. The zero-order valence-corrected chi connectivity index (χ0v) is 17.9. The van der Waals surface area contributed by atoms with Crippen molar-refractivity contribution < 1.29 is 51.7 Å². The summed E-state index contributed by atoms with van der Waals surface area (Å²) < 4.78 is 41.3. The highest BCUT2D eigenvalue weighted by Crippen LogP contribution is 2.57. The first-order valence-electron chi connectivity index (χ1n) is 8.74. The number of aromatic nitrogens is 2. The molecule has 1 amide bonds. The van der Waals surface area contributed by atoms with E-state index in [-0.39, 0.29) is 18.7 Å². The summed E-state index contributed by atoms with van der Waals surface area (Å²) in [5.41, 5.74) is -0.741. The first-order valence-corrected chi connectivity index (χ1v) is 11.8. The van der Waals surface area contributed by atoms with Crippen LogP contribution in [0.15, 0.2) is 17.1 Å². The van der Waals surface area contributed by atoms with Gasteiger partial charge >= 0.3 is 27.3 Å². The summed E-state index contributed by atoms with van der Waals surface area (Å²) in [4.78, 5) is 65.1. The van der Waals surface area contributed by atoms with Gasteiger partial charge in [0.15, 0.2) is 0 Å². The van der Waals surface area contributed by atoms with E-state index in [0.29, 0.717) is 12.8 Å². The average molecular weight is 485 g/mol. The van der Waals surface area contributed by atoms with Crippen LogP contribution in [0.25, 0.3) is 0 Å². The third kappa shape index (κ3) is 8.59. The molecule has 1 aromatic heterocycles. The molecular weight excluding hydrogens is 464 g/mol. The second-order valence-electron chi connectivity index (χ2n) is 6.25. The highest BCUT2D eigenvalue weighted by molar-refractivity contribution is 7.60. The molecule has 1 saturated heterocycles. The topological polar surface area (TPSA) is 213 Å². The molecule has 15 nitrogen and oxygen atoms in total. The van der Waals surface area contributed by atoms with Crippen LogP contribution in [0.2, 0.25) is 0 Å². The maximum atomic E-state index is 12.2. The zero-order chi connectivity index (χ0) is 23.2. The molecule has 1 aromatic rings. The second-order valence-corrected chi connectivity index (χ2v) is 9.08. The first kappa shape index (κ1) is 25.3. The molecule has 1 aliphatic rings. The molecule has 174 valence electrons. The number of rotatable bonds is 10. The Labute approximate surface area is 175 Å². The van der Waals surface area contributed by atoms with Gasteiger partial charge < -0.3 is 29.5 Å². The smallest absolute Gasteiger partial charge is 0.469 e. The van der Waals surface area contributed by atoms with Gasteiger partial charge in [-0.3, -0.25) is 18.7 Å². The number of methoxy groups -OCH3 is 1. The van der Waals surface area contributed by atoms with Gasteiger partial charge in [-0.15, -0.1) is 0 Å². The minimum Gasteiger partial charge on any atom is -0.469 e. The minimum atomic E-state index is -5.23. The Bertz CT molecular complexity index is 960. The number of hydrogen-bond acceptors (Lipinski definition) is 10. The van der Waals surface area contributed by atoms with Crippen LogP contribution in [0, 0.1) is 0 Å². The molecule has 1 unspecified atom stereocenters. The average Bonchev–Trinajstić information content (AvgIpc) is 3.11. The van der Waals surface area contributed by atoms with Crippen molar-refractivity contribution in [3.05, 3.63) is 22.7 Å². The lowest BCUT2D eigenvalue weighted by Gasteiger charge is -2.17. The maximum Gasteiger partial charge on any atom is 0.481 e. The molecule has 2 rings (SSSR count). The Morgan fingerprint density at radius 2 is 2.00 bits per heavy atom. The van der Waals surface area contributed by atoms with Crippen LogP contribution >= 0.6 is 15.6 Å². The predicted octanol–water partition coefficient (Wildman–Crippen LogP) is 0.0389. The molecule has 2 heterocycles. The Balaban J connectivity index is 1.89. The van der Waals surface area contributed by atoms with Crippen molar-refractivity contribution in [2.24, 2.45) is 0 Å². The van der Waals surface area contributed by atoms with Gasteiger partial charge in [-0.25, -0.2) is 13.9 Å². The van der Waals surface area contributed by atoms with Crippen molar-refractivity contribution in [1.29, 1.82) is 0 Å². The highest BCUT2D eigenvalue weighted by Gasteiger charge is 2.35. The third-order valence-electron chi connectivity index (χ3n) is 3.91. The molecule has 0 bridgehead atoms. The lowest BCUT2D eigenvalue weighted by atomic mass is 10.2. The van der Waals surface area contributed by atoms with Gasteiger partial charge in [0.2, 0.25) is 5.91 Å². The molecule has 0 saturated carbocycles.